The van der Waals surface area contributed by atoms with Crippen LogP contribution < -0.4 is 4.90 Å². The van der Waals surface area contributed by atoms with Crippen LogP contribution in [0.1, 0.15) is 0 Å². The number of aliphatic hydroxyl groups excluding tert-OH is 1. The number of ether oxygens (including phenoxy) is 1. The van der Waals surface area contributed by atoms with Crippen LogP contribution in [0.15, 0.2) is 18.6 Å². The topological polar surface area (TPSA) is 82.0 Å². The Bertz CT molecular complexity index is 487. The zero-order valence-corrected chi connectivity index (χ0v) is 13.8. The predicted octanol–water partition coefficient (Wildman–Crippen LogP) is -0.936. The maximum absolute atomic E-state index is 12.4. The highest BCUT2D eigenvalue weighted by atomic mass is 16.5. The van der Waals surface area contributed by atoms with Crippen LogP contribution in [0.4, 0.5) is 5.82 Å². The minimum absolute atomic E-state index is 0.0173. The summed E-state index contributed by atoms with van der Waals surface area (Å²) in [6.45, 7) is 3.59. The second-order valence-electron chi connectivity index (χ2n) is 5.73. The molecule has 1 saturated heterocycles. The van der Waals surface area contributed by atoms with Gasteiger partial charge in [-0.15, -0.1) is 0 Å². The third-order valence-corrected chi connectivity index (χ3v) is 3.81. The molecule has 0 saturated carbocycles. The van der Waals surface area contributed by atoms with E-state index in [4.69, 9.17) is 4.74 Å². The smallest absolute Gasteiger partial charge is 0.236 e. The van der Waals surface area contributed by atoms with Crippen molar-refractivity contribution in [2.75, 3.05) is 64.9 Å². The van der Waals surface area contributed by atoms with Crippen molar-refractivity contribution in [1.29, 1.82) is 0 Å². The Morgan fingerprint density at radius 3 is 2.96 bits per heavy atom. The highest BCUT2D eigenvalue weighted by molar-refractivity contribution is 5.78. The largest absolute Gasteiger partial charge is 0.389 e. The number of likely N-dealkylation sites (N-methyl/N-ethyl adjacent to an activating group) is 1. The number of aliphatic hydroxyl groups is 1. The van der Waals surface area contributed by atoms with Gasteiger partial charge in [-0.1, -0.05) is 0 Å². The van der Waals surface area contributed by atoms with Crippen LogP contribution in [0, 0.1) is 0 Å². The molecule has 1 aromatic heterocycles. The maximum atomic E-state index is 12.4. The first-order valence-electron chi connectivity index (χ1n) is 7.74. The van der Waals surface area contributed by atoms with E-state index in [-0.39, 0.29) is 5.91 Å². The number of hydrogen-bond donors (Lipinski definition) is 1. The van der Waals surface area contributed by atoms with Gasteiger partial charge in [-0.05, 0) is 7.05 Å². The number of rotatable bonds is 6. The van der Waals surface area contributed by atoms with Crippen molar-refractivity contribution in [3.05, 3.63) is 18.6 Å². The zero-order valence-electron chi connectivity index (χ0n) is 13.8. The summed E-state index contributed by atoms with van der Waals surface area (Å²) in [6.07, 6.45) is 4.31. The molecule has 1 aliphatic heterocycles. The molecular weight excluding hydrogens is 298 g/mol. The van der Waals surface area contributed by atoms with Crippen LogP contribution >= 0.6 is 0 Å². The van der Waals surface area contributed by atoms with Gasteiger partial charge in [0.15, 0.2) is 0 Å². The Hall–Kier alpha value is -1.77. The molecule has 23 heavy (non-hydrogen) atoms. The molecule has 8 nitrogen and oxygen atoms in total. The van der Waals surface area contributed by atoms with Gasteiger partial charge in [-0.2, -0.15) is 0 Å². The highest BCUT2D eigenvalue weighted by Gasteiger charge is 2.25. The van der Waals surface area contributed by atoms with Crippen molar-refractivity contribution >= 4 is 11.7 Å². The molecule has 2 heterocycles. The fraction of sp³-hybridized carbons (Fsp3) is 0.667. The van der Waals surface area contributed by atoms with Crippen molar-refractivity contribution in [2.45, 2.75) is 6.10 Å². The van der Waals surface area contributed by atoms with Crippen LogP contribution in [0.5, 0.6) is 0 Å². The monoisotopic (exact) mass is 323 g/mol. The van der Waals surface area contributed by atoms with E-state index in [1.165, 1.54) is 0 Å². The molecule has 0 aliphatic carbocycles. The second-order valence-corrected chi connectivity index (χ2v) is 5.73. The van der Waals surface area contributed by atoms with E-state index in [9.17, 15) is 9.90 Å². The van der Waals surface area contributed by atoms with Gasteiger partial charge in [-0.25, -0.2) is 4.98 Å². The second kappa shape index (κ2) is 8.76. The van der Waals surface area contributed by atoms with E-state index in [0.717, 1.165) is 5.82 Å². The number of anilines is 1. The van der Waals surface area contributed by atoms with Crippen molar-refractivity contribution in [2.24, 2.45) is 0 Å². The number of methoxy groups -OCH3 is 1. The van der Waals surface area contributed by atoms with Crippen LogP contribution in [0.2, 0.25) is 0 Å². The van der Waals surface area contributed by atoms with Gasteiger partial charge in [0.25, 0.3) is 0 Å². The summed E-state index contributed by atoms with van der Waals surface area (Å²) in [5.74, 6) is 0.738. The van der Waals surface area contributed by atoms with Gasteiger partial charge in [0.2, 0.25) is 5.91 Å². The molecule has 8 heteroatoms. The van der Waals surface area contributed by atoms with Gasteiger partial charge in [0, 0.05) is 52.2 Å². The average molecular weight is 323 g/mol. The summed E-state index contributed by atoms with van der Waals surface area (Å²) in [6, 6.07) is 0. The normalized spacial score (nSPS) is 19.0. The lowest BCUT2D eigenvalue weighted by molar-refractivity contribution is -0.133. The number of amides is 1. The minimum Gasteiger partial charge on any atom is -0.389 e. The predicted molar refractivity (Wildman–Crippen MR) is 86.2 cm³/mol. The van der Waals surface area contributed by atoms with E-state index in [0.29, 0.717) is 45.9 Å². The van der Waals surface area contributed by atoms with Crippen LogP contribution in [0.25, 0.3) is 0 Å². The quantitative estimate of drug-likeness (QED) is 0.724. The molecule has 0 aromatic carbocycles. The number of nitrogens with zero attached hydrogens (tertiary/aromatic N) is 5. The van der Waals surface area contributed by atoms with Gasteiger partial charge in [-0.3, -0.25) is 14.7 Å². The first kappa shape index (κ1) is 17.6. The lowest BCUT2D eigenvalue weighted by Crippen LogP contribution is -2.43. The summed E-state index contributed by atoms with van der Waals surface area (Å²) >= 11 is 0. The molecule has 0 unspecified atom stereocenters. The number of hydrogen-bond acceptors (Lipinski definition) is 7. The molecule has 0 bridgehead atoms. The van der Waals surface area contributed by atoms with E-state index in [1.807, 2.05) is 16.8 Å². The third kappa shape index (κ3) is 5.42. The summed E-state index contributed by atoms with van der Waals surface area (Å²) in [5, 5.41) is 10.2. The molecule has 1 aromatic rings. The van der Waals surface area contributed by atoms with Crippen molar-refractivity contribution in [1.82, 2.24) is 19.8 Å². The van der Waals surface area contributed by atoms with Crippen LogP contribution in [0.3, 0.4) is 0 Å². The lowest BCUT2D eigenvalue weighted by Gasteiger charge is -2.24. The van der Waals surface area contributed by atoms with Crippen LogP contribution in [-0.4, -0.2) is 96.9 Å². The summed E-state index contributed by atoms with van der Waals surface area (Å²) in [4.78, 5) is 26.3. The van der Waals surface area contributed by atoms with Crippen molar-refractivity contribution in [3.63, 3.8) is 0 Å². The van der Waals surface area contributed by atoms with E-state index in [1.54, 1.807) is 30.6 Å². The van der Waals surface area contributed by atoms with E-state index < -0.39 is 6.10 Å². The standard InChI is InChI=1S/C15H25N5O3/c1-18(7-8-23-2)12-15(22)20-6-5-19(10-13(21)11-20)14-9-16-3-4-17-14/h3-4,9,13,21H,5-8,10-12H2,1-2H3/t13-/m1/s1. The third-order valence-electron chi connectivity index (χ3n) is 3.81. The maximum Gasteiger partial charge on any atom is 0.236 e. The molecule has 2 rings (SSSR count). The number of carbonyl (C=O) groups excluding carboxylic acids is 1. The fourth-order valence-corrected chi connectivity index (χ4v) is 2.54. The molecule has 128 valence electrons. The molecule has 1 atom stereocenters. The molecular formula is C15H25N5O3. The lowest BCUT2D eigenvalue weighted by atomic mass is 10.3. The van der Waals surface area contributed by atoms with Gasteiger partial charge in [0.05, 0.1) is 25.5 Å². The SMILES string of the molecule is COCCN(C)CC(=O)N1CCN(c2cnccn2)C[C@@H](O)C1. The summed E-state index contributed by atoms with van der Waals surface area (Å²) in [7, 11) is 3.53. The molecule has 1 N–H and O–H groups in total. The first-order chi connectivity index (χ1) is 11.1. The Kier molecular flexibility index (Phi) is 6.69. The summed E-state index contributed by atoms with van der Waals surface area (Å²) in [5.41, 5.74) is 0. The fourth-order valence-electron chi connectivity index (χ4n) is 2.54. The van der Waals surface area contributed by atoms with Crippen LogP contribution in [-0.2, 0) is 9.53 Å². The molecule has 0 spiro atoms. The number of carbonyl (C=O) groups is 1. The highest BCUT2D eigenvalue weighted by Crippen LogP contribution is 2.12. The molecule has 1 fully saturated rings. The molecule has 1 amide bonds. The van der Waals surface area contributed by atoms with E-state index in [2.05, 4.69) is 9.97 Å². The average Bonchev–Trinajstić information content (AvgIpc) is 2.75. The van der Waals surface area contributed by atoms with Crippen molar-refractivity contribution < 1.29 is 14.6 Å². The molecule has 1 aliphatic rings. The number of β-amino-alcohol motifs (C(OH)–C–C–N with tert-alkyl or cyclic N) is 1. The van der Waals surface area contributed by atoms with Gasteiger partial charge in [0.1, 0.15) is 5.82 Å². The Morgan fingerprint density at radius 2 is 2.26 bits per heavy atom. The van der Waals surface area contributed by atoms with E-state index >= 15 is 0 Å². The van der Waals surface area contributed by atoms with Gasteiger partial charge >= 0.3 is 0 Å². The molecule has 0 radical (unpaired) electrons. The van der Waals surface area contributed by atoms with Crippen molar-refractivity contribution in [3.8, 4) is 0 Å². The van der Waals surface area contributed by atoms with Gasteiger partial charge < -0.3 is 19.6 Å². The minimum atomic E-state index is -0.604. The summed E-state index contributed by atoms with van der Waals surface area (Å²) < 4.78 is 5.01. The Balaban J connectivity index is 1.91. The number of aromatic nitrogens is 2. The Morgan fingerprint density at radius 1 is 1.43 bits per heavy atom. The first-order valence-corrected chi connectivity index (χ1v) is 7.74. The zero-order chi connectivity index (χ0) is 16.7. The Labute approximate surface area is 136 Å².